The van der Waals surface area contributed by atoms with Crippen molar-refractivity contribution in [2.45, 2.75) is 12.1 Å². The van der Waals surface area contributed by atoms with Gasteiger partial charge in [-0.15, -0.1) is 0 Å². The summed E-state index contributed by atoms with van der Waals surface area (Å²) in [5, 5.41) is 17.5. The van der Waals surface area contributed by atoms with E-state index in [-0.39, 0.29) is 30.0 Å². The zero-order valence-electron chi connectivity index (χ0n) is 10.3. The molecular formula is C11H2F5LiN4. The molecule has 0 unspecified atom stereocenters. The van der Waals surface area contributed by atoms with Crippen LogP contribution < -0.4 is 23.8 Å². The number of imidazole rings is 1. The molecule has 0 bridgehead atoms. The first kappa shape index (κ1) is 17.0. The molecule has 0 radical (unpaired) electrons. The number of nitrogens with zero attached hydrogens (tertiary/aromatic N) is 4. The molecule has 1 aromatic carbocycles. The third-order valence-electron chi connectivity index (χ3n) is 2.46. The van der Waals surface area contributed by atoms with Crippen LogP contribution in [0.3, 0.4) is 0 Å². The molecule has 0 atom stereocenters. The van der Waals surface area contributed by atoms with E-state index in [1.54, 1.807) is 12.1 Å². The van der Waals surface area contributed by atoms with Crippen LogP contribution in [0.15, 0.2) is 12.1 Å². The fraction of sp³-hybridized carbons (Fsp3) is 0.182. The molecule has 0 fully saturated rings. The summed E-state index contributed by atoms with van der Waals surface area (Å²) < 4.78 is 63.1. The molecule has 2 rings (SSSR count). The maximum atomic E-state index is 13.2. The summed E-state index contributed by atoms with van der Waals surface area (Å²) >= 11 is 0. The number of rotatable bonds is 1. The smallest absolute Gasteiger partial charge is 0.433 e. The van der Waals surface area contributed by atoms with Crippen molar-refractivity contribution in [3.63, 3.8) is 0 Å². The fourth-order valence-corrected chi connectivity index (χ4v) is 1.49. The molecule has 1 heterocycles. The Morgan fingerprint density at radius 1 is 1.00 bits per heavy atom. The second kappa shape index (κ2) is 5.36. The maximum absolute atomic E-state index is 13.2. The zero-order valence-corrected chi connectivity index (χ0v) is 10.3. The molecule has 102 valence electrons. The van der Waals surface area contributed by atoms with Crippen molar-refractivity contribution in [1.82, 2.24) is 9.97 Å². The summed E-state index contributed by atoms with van der Waals surface area (Å²) in [5.74, 6) is -7.04. The molecule has 0 saturated carbocycles. The number of hydrogen-bond donors (Lipinski definition) is 0. The Morgan fingerprint density at radius 2 is 1.52 bits per heavy atom. The van der Waals surface area contributed by atoms with Crippen molar-refractivity contribution in [3.8, 4) is 12.1 Å². The molecule has 21 heavy (non-hydrogen) atoms. The molecule has 0 N–H and O–H groups in total. The molecule has 0 amide bonds. The topological polar surface area (TPSA) is 74.6 Å². The van der Waals surface area contributed by atoms with Crippen molar-refractivity contribution >= 4 is 11.0 Å². The largest absolute Gasteiger partial charge is 1.00 e. The van der Waals surface area contributed by atoms with Gasteiger partial charge in [-0.25, -0.2) is 0 Å². The van der Waals surface area contributed by atoms with Crippen LogP contribution in [0.1, 0.15) is 17.0 Å². The van der Waals surface area contributed by atoms with E-state index in [9.17, 15) is 22.0 Å². The average molecular weight is 292 g/mol. The predicted octanol–water partition coefficient (Wildman–Crippen LogP) is -0.407. The molecule has 4 nitrogen and oxygen atoms in total. The van der Waals surface area contributed by atoms with Crippen LogP contribution in [-0.4, -0.2) is 11.2 Å². The summed E-state index contributed by atoms with van der Waals surface area (Å²) in [5.41, 5.74) is -1.39. The molecule has 1 aromatic heterocycles. The summed E-state index contributed by atoms with van der Waals surface area (Å²) in [7, 11) is 0. The van der Waals surface area contributed by atoms with Crippen molar-refractivity contribution in [3.05, 3.63) is 29.1 Å². The normalized spacial score (nSPS) is 11.6. The van der Waals surface area contributed by atoms with Gasteiger partial charge < -0.3 is 9.97 Å². The average Bonchev–Trinajstić information content (AvgIpc) is 2.81. The SMILES string of the molecule is N#Cc1ccc(C#N)c2[n-]c(C(F)(F)C(F)(F)F)nc12.[Li+]. The third kappa shape index (κ3) is 2.58. The van der Waals surface area contributed by atoms with Gasteiger partial charge in [0, 0.05) is 0 Å². The summed E-state index contributed by atoms with van der Waals surface area (Å²) in [4.78, 5) is 6.15. The zero-order chi connectivity index (χ0) is 15.1. The molecule has 2 aromatic rings. The van der Waals surface area contributed by atoms with Crippen molar-refractivity contribution in [1.29, 1.82) is 10.5 Å². The van der Waals surface area contributed by atoms with E-state index in [0.717, 1.165) is 12.1 Å². The number of nitriles is 2. The van der Waals surface area contributed by atoms with Crippen LogP contribution in [0, 0.1) is 22.7 Å². The quantitative estimate of drug-likeness (QED) is 0.529. The number of alkyl halides is 5. The van der Waals surface area contributed by atoms with Crippen LogP contribution in [0.25, 0.3) is 11.0 Å². The van der Waals surface area contributed by atoms with Gasteiger partial charge in [-0.2, -0.15) is 32.5 Å². The first-order valence-corrected chi connectivity index (χ1v) is 4.95. The summed E-state index contributed by atoms with van der Waals surface area (Å²) in [6, 6.07) is 5.38. The van der Waals surface area contributed by atoms with Gasteiger partial charge >= 0.3 is 31.0 Å². The Labute approximate surface area is 126 Å². The van der Waals surface area contributed by atoms with Crippen molar-refractivity contribution < 1.29 is 40.8 Å². The molecule has 0 aliphatic heterocycles. The van der Waals surface area contributed by atoms with Gasteiger partial charge in [0.15, 0.2) is 0 Å². The Balaban J connectivity index is 0.00000220. The third-order valence-corrected chi connectivity index (χ3v) is 2.46. The van der Waals surface area contributed by atoms with Crippen LogP contribution in [-0.2, 0) is 5.92 Å². The van der Waals surface area contributed by atoms with Crippen LogP contribution in [0.4, 0.5) is 22.0 Å². The standard InChI is InChI=1S/C11H2F5N4.Li/c12-10(13,11(14,15)16)9-19-7-5(3-17)1-2-6(4-18)8(7)20-9;/h1-2H;/q-1;+1. The van der Waals surface area contributed by atoms with Gasteiger partial charge in [0.2, 0.25) is 0 Å². The molecule has 10 heteroatoms. The van der Waals surface area contributed by atoms with E-state index in [0.29, 0.717) is 0 Å². The first-order valence-electron chi connectivity index (χ1n) is 4.95. The maximum Gasteiger partial charge on any atom is 1.00 e. The van der Waals surface area contributed by atoms with E-state index < -0.39 is 29.0 Å². The van der Waals surface area contributed by atoms with E-state index in [4.69, 9.17) is 10.5 Å². The van der Waals surface area contributed by atoms with Gasteiger partial charge in [-0.3, -0.25) is 0 Å². The second-order valence-corrected chi connectivity index (χ2v) is 3.70. The van der Waals surface area contributed by atoms with E-state index in [1.165, 1.54) is 0 Å². The predicted molar refractivity (Wildman–Crippen MR) is 54.4 cm³/mol. The molecular weight excluding hydrogens is 290 g/mol. The molecule has 0 saturated heterocycles. The van der Waals surface area contributed by atoms with Gasteiger partial charge in [0.05, 0.1) is 23.3 Å². The molecule has 0 spiro atoms. The Hall–Kier alpha value is -2.08. The minimum atomic E-state index is -5.86. The van der Waals surface area contributed by atoms with Crippen molar-refractivity contribution in [2.75, 3.05) is 0 Å². The van der Waals surface area contributed by atoms with Crippen LogP contribution >= 0.6 is 0 Å². The van der Waals surface area contributed by atoms with E-state index >= 15 is 0 Å². The Morgan fingerprint density at radius 3 is 2.00 bits per heavy atom. The minimum absolute atomic E-state index is 0. The Bertz CT molecular complexity index is 715. The molecule has 0 aliphatic rings. The van der Waals surface area contributed by atoms with Gasteiger partial charge in [-0.1, -0.05) is 0 Å². The number of fused-ring (bicyclic) bond motifs is 1. The first-order chi connectivity index (χ1) is 9.22. The minimum Gasteiger partial charge on any atom is -0.433 e. The monoisotopic (exact) mass is 292 g/mol. The molecule has 0 aliphatic carbocycles. The van der Waals surface area contributed by atoms with Gasteiger partial charge in [0.1, 0.15) is 0 Å². The number of halogens is 5. The van der Waals surface area contributed by atoms with Gasteiger partial charge in [-0.05, 0) is 29.0 Å². The van der Waals surface area contributed by atoms with E-state index in [1.807, 2.05) is 0 Å². The number of benzene rings is 1. The number of hydrogen-bond acceptors (Lipinski definition) is 3. The number of aromatic nitrogens is 2. The van der Waals surface area contributed by atoms with Gasteiger partial charge in [0.25, 0.3) is 0 Å². The van der Waals surface area contributed by atoms with Crippen molar-refractivity contribution in [2.24, 2.45) is 0 Å². The van der Waals surface area contributed by atoms with Crippen LogP contribution in [0.5, 0.6) is 0 Å². The fourth-order valence-electron chi connectivity index (χ4n) is 1.49. The Kier molecular flexibility index (Phi) is 4.34. The van der Waals surface area contributed by atoms with Crippen LogP contribution in [0.2, 0.25) is 0 Å². The van der Waals surface area contributed by atoms with E-state index in [2.05, 4.69) is 9.97 Å². The second-order valence-electron chi connectivity index (χ2n) is 3.70. The summed E-state index contributed by atoms with van der Waals surface area (Å²) in [6.45, 7) is 0. The summed E-state index contributed by atoms with van der Waals surface area (Å²) in [6.07, 6.45) is -5.86.